The molecule has 0 atom stereocenters. The maximum atomic E-state index is 6.48. The number of unbranched alkanes of at least 4 members (excludes halogenated alkanes) is 20. The highest BCUT2D eigenvalue weighted by Crippen LogP contribution is 2.34. The summed E-state index contributed by atoms with van der Waals surface area (Å²) in [6.45, 7) is 16.3. The van der Waals surface area contributed by atoms with Gasteiger partial charge in [-0.05, 0) is 74.9 Å². The Bertz CT molecular complexity index is 1090. The predicted octanol–water partition coefficient (Wildman–Crippen LogP) is 15.4. The molecule has 52 heavy (non-hydrogen) atoms. The van der Waals surface area contributed by atoms with Crippen LogP contribution in [0.5, 0.6) is 23.0 Å². The summed E-state index contributed by atoms with van der Waals surface area (Å²) in [4.78, 5) is 0. The molecule has 0 saturated carbocycles. The van der Waals surface area contributed by atoms with Crippen molar-refractivity contribution in [2.75, 3.05) is 26.4 Å². The van der Waals surface area contributed by atoms with Gasteiger partial charge in [0.2, 0.25) is 0 Å². The van der Waals surface area contributed by atoms with E-state index >= 15 is 0 Å². The molecular weight excluding hydrogens is 641 g/mol. The van der Waals surface area contributed by atoms with Crippen molar-refractivity contribution in [3.8, 4) is 23.0 Å². The quantitative estimate of drug-likeness (QED) is 0.0533. The van der Waals surface area contributed by atoms with E-state index in [1.807, 2.05) is 0 Å². The molecule has 4 nitrogen and oxygen atoms in total. The lowest BCUT2D eigenvalue weighted by Crippen LogP contribution is -2.03. The Morgan fingerprint density at radius 1 is 0.327 bits per heavy atom. The highest BCUT2D eigenvalue weighted by Gasteiger charge is 2.12. The van der Waals surface area contributed by atoms with Crippen LogP contribution in [0.3, 0.4) is 0 Å². The molecule has 0 aliphatic carbocycles. The molecule has 0 heterocycles. The minimum Gasteiger partial charge on any atom is -0.493 e. The van der Waals surface area contributed by atoms with E-state index in [1.165, 1.54) is 128 Å². The van der Waals surface area contributed by atoms with E-state index < -0.39 is 0 Å². The topological polar surface area (TPSA) is 36.9 Å². The van der Waals surface area contributed by atoms with Crippen LogP contribution in [0.15, 0.2) is 24.3 Å². The highest BCUT2D eigenvalue weighted by molar-refractivity contribution is 5.77. The van der Waals surface area contributed by atoms with E-state index in [1.54, 1.807) is 0 Å². The zero-order chi connectivity index (χ0) is 37.5. The molecule has 0 amide bonds. The molecular formula is C48H80O4. The molecule has 0 unspecified atom stereocenters. The van der Waals surface area contributed by atoms with E-state index in [0.29, 0.717) is 0 Å². The molecule has 296 valence electrons. The minimum atomic E-state index is 0.734. The standard InChI is InChI=1S/C48H80O4/c1-7-11-15-19-23-27-33-49-45-39-43(47(37-41(45)5)51-35-29-25-21-17-13-9-3)31-32-44-40-46(50-34-28-24-20-16-12-8-2)42(6)38-48(44)52-36-30-26-22-18-14-10-4/h31-32,37-40H,7-30,33-36H2,1-6H3. The molecule has 2 rings (SSSR count). The number of hydrogen-bond acceptors (Lipinski definition) is 4. The van der Waals surface area contributed by atoms with Crippen LogP contribution in [-0.2, 0) is 0 Å². The van der Waals surface area contributed by atoms with Crippen molar-refractivity contribution in [1.29, 1.82) is 0 Å². The van der Waals surface area contributed by atoms with Gasteiger partial charge >= 0.3 is 0 Å². The molecule has 0 fully saturated rings. The largest absolute Gasteiger partial charge is 0.493 e. The van der Waals surface area contributed by atoms with E-state index in [0.717, 1.165) is 97.4 Å². The highest BCUT2D eigenvalue weighted by atomic mass is 16.5. The molecule has 0 bridgehead atoms. The molecule has 2 aromatic rings. The Morgan fingerprint density at radius 3 is 0.865 bits per heavy atom. The Kier molecular flexibility index (Phi) is 27.0. The second kappa shape index (κ2) is 30.8. The van der Waals surface area contributed by atoms with Gasteiger partial charge in [0.25, 0.3) is 0 Å². The van der Waals surface area contributed by atoms with Gasteiger partial charge in [-0.3, -0.25) is 0 Å². The van der Waals surface area contributed by atoms with Crippen molar-refractivity contribution in [3.05, 3.63) is 46.5 Å². The van der Waals surface area contributed by atoms with E-state index in [-0.39, 0.29) is 0 Å². The van der Waals surface area contributed by atoms with Gasteiger partial charge in [0.1, 0.15) is 23.0 Å². The molecule has 4 heteroatoms. The van der Waals surface area contributed by atoms with Crippen molar-refractivity contribution >= 4 is 12.2 Å². The van der Waals surface area contributed by atoms with Gasteiger partial charge in [-0.15, -0.1) is 0 Å². The number of benzene rings is 2. The van der Waals surface area contributed by atoms with Crippen molar-refractivity contribution in [2.24, 2.45) is 0 Å². The summed E-state index contributed by atoms with van der Waals surface area (Å²) in [7, 11) is 0. The van der Waals surface area contributed by atoms with Crippen LogP contribution >= 0.6 is 0 Å². The Hall–Kier alpha value is -2.62. The first kappa shape index (κ1) is 45.5. The lowest BCUT2D eigenvalue weighted by Gasteiger charge is -2.16. The van der Waals surface area contributed by atoms with Gasteiger partial charge in [0.15, 0.2) is 0 Å². The first-order chi connectivity index (χ1) is 25.5. The van der Waals surface area contributed by atoms with Crippen LogP contribution in [0.25, 0.3) is 12.2 Å². The van der Waals surface area contributed by atoms with Gasteiger partial charge in [0.05, 0.1) is 26.4 Å². The fourth-order valence-electron chi connectivity index (χ4n) is 6.61. The smallest absolute Gasteiger partial charge is 0.127 e. The summed E-state index contributed by atoms with van der Waals surface area (Å²) in [5.41, 5.74) is 4.35. The second-order valence-corrected chi connectivity index (χ2v) is 15.1. The normalized spacial score (nSPS) is 11.4. The number of aryl methyl sites for hydroxylation is 2. The minimum absolute atomic E-state index is 0.734. The summed E-state index contributed by atoms with van der Waals surface area (Å²) in [5, 5.41) is 0. The Labute approximate surface area is 321 Å². The van der Waals surface area contributed by atoms with Gasteiger partial charge in [0, 0.05) is 11.1 Å². The Morgan fingerprint density at radius 2 is 0.577 bits per heavy atom. The average molecular weight is 721 g/mol. The summed E-state index contributed by atoms with van der Waals surface area (Å²) in [6, 6.07) is 8.71. The predicted molar refractivity (Wildman–Crippen MR) is 227 cm³/mol. The van der Waals surface area contributed by atoms with Crippen molar-refractivity contribution in [1.82, 2.24) is 0 Å². The van der Waals surface area contributed by atoms with Crippen LogP contribution in [0, 0.1) is 13.8 Å². The van der Waals surface area contributed by atoms with Crippen molar-refractivity contribution in [2.45, 2.75) is 196 Å². The van der Waals surface area contributed by atoms with Crippen LogP contribution in [0.2, 0.25) is 0 Å². The molecule has 0 aromatic heterocycles. The van der Waals surface area contributed by atoms with Gasteiger partial charge < -0.3 is 18.9 Å². The molecule has 0 N–H and O–H groups in total. The lowest BCUT2D eigenvalue weighted by molar-refractivity contribution is 0.294. The van der Waals surface area contributed by atoms with Crippen molar-refractivity contribution in [3.63, 3.8) is 0 Å². The molecule has 0 spiro atoms. The summed E-state index contributed by atoms with van der Waals surface area (Å²) < 4.78 is 25.7. The van der Waals surface area contributed by atoms with Crippen LogP contribution < -0.4 is 18.9 Å². The number of hydrogen-bond donors (Lipinski definition) is 0. The first-order valence-electron chi connectivity index (χ1n) is 22.0. The summed E-state index contributed by atoms with van der Waals surface area (Å²) in [5.74, 6) is 3.75. The fraction of sp³-hybridized carbons (Fsp3) is 0.708. The lowest BCUT2D eigenvalue weighted by atomic mass is 10.1. The van der Waals surface area contributed by atoms with Crippen LogP contribution in [-0.4, -0.2) is 26.4 Å². The van der Waals surface area contributed by atoms with Gasteiger partial charge in [-0.1, -0.05) is 168 Å². The second-order valence-electron chi connectivity index (χ2n) is 15.1. The third kappa shape index (κ3) is 20.6. The molecule has 0 radical (unpaired) electrons. The Balaban J connectivity index is 2.26. The zero-order valence-electron chi connectivity index (χ0n) is 34.9. The summed E-state index contributed by atoms with van der Waals surface area (Å²) in [6.07, 6.45) is 34.5. The van der Waals surface area contributed by atoms with Gasteiger partial charge in [-0.2, -0.15) is 0 Å². The first-order valence-corrected chi connectivity index (χ1v) is 22.0. The molecule has 2 aromatic carbocycles. The SMILES string of the molecule is CCCCCCCCOc1cc(C=Cc2cc(OCCCCCCCC)c(C)cc2OCCCCCCCC)c(OCCCCCCCC)cc1C. The molecule has 0 aliphatic rings. The number of ether oxygens (including phenoxy) is 4. The third-order valence-corrected chi connectivity index (χ3v) is 10.1. The fourth-order valence-corrected chi connectivity index (χ4v) is 6.61. The maximum Gasteiger partial charge on any atom is 0.127 e. The molecule has 0 saturated heterocycles. The monoisotopic (exact) mass is 721 g/mol. The van der Waals surface area contributed by atoms with Crippen LogP contribution in [0.1, 0.15) is 204 Å². The van der Waals surface area contributed by atoms with E-state index in [4.69, 9.17) is 18.9 Å². The summed E-state index contributed by atoms with van der Waals surface area (Å²) >= 11 is 0. The van der Waals surface area contributed by atoms with E-state index in [9.17, 15) is 0 Å². The average Bonchev–Trinajstić information content (AvgIpc) is 3.14. The zero-order valence-corrected chi connectivity index (χ0v) is 34.9. The number of rotatable bonds is 34. The van der Waals surface area contributed by atoms with E-state index in [2.05, 4.69) is 78.0 Å². The van der Waals surface area contributed by atoms with Crippen LogP contribution in [0.4, 0.5) is 0 Å². The molecule has 0 aliphatic heterocycles. The van der Waals surface area contributed by atoms with Crippen molar-refractivity contribution < 1.29 is 18.9 Å². The van der Waals surface area contributed by atoms with Gasteiger partial charge in [-0.25, -0.2) is 0 Å². The maximum absolute atomic E-state index is 6.48. The third-order valence-electron chi connectivity index (χ3n) is 10.1.